The third kappa shape index (κ3) is 1.87. The van der Waals surface area contributed by atoms with Gasteiger partial charge in [-0.3, -0.25) is 14.5 Å². The van der Waals surface area contributed by atoms with Gasteiger partial charge in [0.05, 0.1) is 16.8 Å². The molecule has 2 aliphatic heterocycles. The van der Waals surface area contributed by atoms with Gasteiger partial charge < -0.3 is 5.32 Å². The Hall–Kier alpha value is -1.76. The molecule has 2 fully saturated rings. The number of amides is 2. The van der Waals surface area contributed by atoms with Crippen LogP contribution in [0.5, 0.6) is 0 Å². The van der Waals surface area contributed by atoms with Crippen LogP contribution >= 0.6 is 23.9 Å². The van der Waals surface area contributed by atoms with E-state index in [-0.39, 0.29) is 29.6 Å². The lowest BCUT2D eigenvalue weighted by molar-refractivity contribution is 0.0631. The van der Waals surface area contributed by atoms with Gasteiger partial charge in [-0.1, -0.05) is 12.1 Å². The normalized spacial score (nSPS) is 30.1. The van der Waals surface area contributed by atoms with E-state index in [2.05, 4.69) is 9.69 Å². The van der Waals surface area contributed by atoms with Gasteiger partial charge in [-0.05, 0) is 54.7 Å². The third-order valence-corrected chi connectivity index (χ3v) is 6.20. The van der Waals surface area contributed by atoms with Gasteiger partial charge >= 0.3 is 0 Å². The lowest BCUT2D eigenvalue weighted by Gasteiger charge is -2.24. The number of benzene rings is 1. The van der Waals surface area contributed by atoms with Crippen LogP contribution in [0.15, 0.2) is 35.7 Å². The highest BCUT2D eigenvalue weighted by Gasteiger charge is 2.69. The number of rotatable bonds is 3. The fraction of sp³-hybridized carbons (Fsp3) is 0.353. The molecular weight excluding hydrogens is 346 g/mol. The second-order valence-corrected chi connectivity index (χ2v) is 7.20. The van der Waals surface area contributed by atoms with Crippen molar-refractivity contribution >= 4 is 35.8 Å². The minimum absolute atomic E-state index is 0. The molecule has 5 rings (SSSR count). The molecule has 24 heavy (non-hydrogen) atoms. The molecule has 3 heterocycles. The van der Waals surface area contributed by atoms with Crippen LogP contribution in [0.4, 0.5) is 0 Å². The summed E-state index contributed by atoms with van der Waals surface area (Å²) in [6.07, 6.45) is 0. The van der Waals surface area contributed by atoms with Crippen molar-refractivity contribution in [1.29, 1.82) is 0 Å². The monoisotopic (exact) mass is 361 g/mol. The van der Waals surface area contributed by atoms with Gasteiger partial charge in [0.15, 0.2) is 0 Å². The van der Waals surface area contributed by atoms with Crippen LogP contribution in [-0.4, -0.2) is 40.7 Å². The fourth-order valence-electron chi connectivity index (χ4n) is 4.44. The molecule has 1 aromatic carbocycles. The average Bonchev–Trinajstić information content (AvgIpc) is 3.10. The summed E-state index contributed by atoms with van der Waals surface area (Å²) in [5, 5.41) is 5.36. The Morgan fingerprint density at radius 2 is 1.75 bits per heavy atom. The maximum absolute atomic E-state index is 12.7. The number of piperidine rings is 1. The quantitative estimate of drug-likeness (QED) is 0.849. The first-order valence-corrected chi connectivity index (χ1v) is 8.64. The summed E-state index contributed by atoms with van der Waals surface area (Å²) in [5.41, 5.74) is 1.93. The first-order chi connectivity index (χ1) is 11.2. The number of nitrogens with one attached hydrogen (secondary N) is 1. The maximum Gasteiger partial charge on any atom is 0.261 e. The van der Waals surface area contributed by atoms with Crippen molar-refractivity contribution in [1.82, 2.24) is 14.6 Å². The molecule has 1 aliphatic carbocycles. The summed E-state index contributed by atoms with van der Waals surface area (Å²) in [5.74, 6) is 0.596. The van der Waals surface area contributed by atoms with Gasteiger partial charge in [0.25, 0.3) is 11.8 Å². The molecule has 1 saturated carbocycles. The lowest BCUT2D eigenvalue weighted by Crippen LogP contribution is -2.41. The van der Waals surface area contributed by atoms with Crippen LogP contribution in [0, 0.1) is 11.8 Å². The van der Waals surface area contributed by atoms with Gasteiger partial charge in [0, 0.05) is 17.3 Å². The molecule has 5 nitrogen and oxygen atoms in total. The number of imide groups is 1. The number of halogens is 1. The van der Waals surface area contributed by atoms with Gasteiger partial charge in [-0.15, -0.1) is 12.4 Å². The standard InChI is InChI=1S/C17H15N3O2S.ClH/c21-15-10-3-1-2-4-11(10)16(22)20(15)9-17(14-5-6-23-19-14)12-7-18-8-13(12)17;/h1-6,12-13,18H,7-9H2;1H/t12-,13+,17-;. The Bertz CT molecular complexity index is 778. The molecule has 0 radical (unpaired) electrons. The molecule has 2 amide bonds. The van der Waals surface area contributed by atoms with Gasteiger partial charge in [-0.2, -0.15) is 4.37 Å². The molecular formula is C17H16ClN3O2S. The number of carbonyl (C=O) groups excluding carboxylic acids is 2. The van der Waals surface area contributed by atoms with E-state index in [0.29, 0.717) is 29.5 Å². The molecule has 0 unspecified atom stereocenters. The van der Waals surface area contributed by atoms with Crippen molar-refractivity contribution in [3.63, 3.8) is 0 Å². The van der Waals surface area contributed by atoms with Crippen LogP contribution in [0.2, 0.25) is 0 Å². The van der Waals surface area contributed by atoms with E-state index in [0.717, 1.165) is 18.8 Å². The number of fused-ring (bicyclic) bond motifs is 2. The predicted octanol–water partition coefficient (Wildman–Crippen LogP) is 1.95. The molecule has 1 aromatic heterocycles. The summed E-state index contributed by atoms with van der Waals surface area (Å²) in [6, 6.07) is 9.13. The molecule has 2 aromatic rings. The Morgan fingerprint density at radius 3 is 2.29 bits per heavy atom. The highest BCUT2D eigenvalue weighted by Crippen LogP contribution is 2.62. The molecule has 0 bridgehead atoms. The number of hydrogen-bond donors (Lipinski definition) is 1. The summed E-state index contributed by atoms with van der Waals surface area (Å²) >= 11 is 1.43. The SMILES string of the molecule is Cl.O=C1c2ccccc2C(=O)N1C[C@@]1(c2ccsn2)[C@@H]2CNC[C@@H]21. The van der Waals surface area contributed by atoms with E-state index in [4.69, 9.17) is 0 Å². The number of aromatic nitrogens is 1. The van der Waals surface area contributed by atoms with Gasteiger partial charge in [0.2, 0.25) is 0 Å². The van der Waals surface area contributed by atoms with Crippen molar-refractivity contribution in [2.45, 2.75) is 5.41 Å². The molecule has 3 aliphatic rings. The zero-order chi connectivity index (χ0) is 15.6. The van der Waals surface area contributed by atoms with Gasteiger partial charge in [-0.25, -0.2) is 0 Å². The smallest absolute Gasteiger partial charge is 0.261 e. The zero-order valence-electron chi connectivity index (χ0n) is 12.8. The summed E-state index contributed by atoms with van der Waals surface area (Å²) in [7, 11) is 0. The van der Waals surface area contributed by atoms with E-state index in [9.17, 15) is 9.59 Å². The largest absolute Gasteiger partial charge is 0.316 e. The number of carbonyl (C=O) groups is 2. The summed E-state index contributed by atoms with van der Waals surface area (Å²) in [6.45, 7) is 2.32. The first-order valence-electron chi connectivity index (χ1n) is 7.80. The molecule has 124 valence electrons. The molecule has 0 spiro atoms. The molecule has 7 heteroatoms. The van der Waals surface area contributed by atoms with Crippen molar-refractivity contribution in [3.05, 3.63) is 52.5 Å². The van der Waals surface area contributed by atoms with Crippen LogP contribution < -0.4 is 5.32 Å². The van der Waals surface area contributed by atoms with Gasteiger partial charge in [0.1, 0.15) is 0 Å². The Morgan fingerprint density at radius 1 is 1.12 bits per heavy atom. The van der Waals surface area contributed by atoms with E-state index >= 15 is 0 Å². The third-order valence-electron chi connectivity index (χ3n) is 5.64. The maximum atomic E-state index is 12.7. The van der Waals surface area contributed by atoms with Crippen molar-refractivity contribution in [2.75, 3.05) is 19.6 Å². The first kappa shape index (κ1) is 15.7. The summed E-state index contributed by atoms with van der Waals surface area (Å²) in [4.78, 5) is 26.8. The van der Waals surface area contributed by atoms with Crippen LogP contribution in [0.3, 0.4) is 0 Å². The predicted molar refractivity (Wildman–Crippen MR) is 92.7 cm³/mol. The Labute approximate surface area is 149 Å². The van der Waals surface area contributed by atoms with Crippen LogP contribution in [-0.2, 0) is 5.41 Å². The van der Waals surface area contributed by atoms with Crippen LogP contribution in [0.1, 0.15) is 26.4 Å². The van der Waals surface area contributed by atoms with E-state index < -0.39 is 0 Å². The zero-order valence-corrected chi connectivity index (χ0v) is 14.4. The van der Waals surface area contributed by atoms with Crippen molar-refractivity contribution in [2.24, 2.45) is 11.8 Å². The average molecular weight is 362 g/mol. The highest BCUT2D eigenvalue weighted by atomic mass is 35.5. The Kier molecular flexibility index (Phi) is 3.53. The van der Waals surface area contributed by atoms with Crippen LogP contribution in [0.25, 0.3) is 0 Å². The summed E-state index contributed by atoms with van der Waals surface area (Å²) < 4.78 is 4.54. The van der Waals surface area contributed by atoms with Crippen molar-refractivity contribution in [3.8, 4) is 0 Å². The fourth-order valence-corrected chi connectivity index (χ4v) is 5.04. The highest BCUT2D eigenvalue weighted by molar-refractivity contribution is 7.03. The second-order valence-electron chi connectivity index (χ2n) is 6.54. The minimum Gasteiger partial charge on any atom is -0.316 e. The van der Waals surface area contributed by atoms with E-state index in [1.807, 2.05) is 11.4 Å². The topological polar surface area (TPSA) is 62.3 Å². The molecule has 3 atom stereocenters. The lowest BCUT2D eigenvalue weighted by atomic mass is 9.95. The van der Waals surface area contributed by atoms with E-state index in [1.54, 1.807) is 24.3 Å². The number of nitrogens with zero attached hydrogens (tertiary/aromatic N) is 2. The molecule has 1 saturated heterocycles. The van der Waals surface area contributed by atoms with Crippen molar-refractivity contribution < 1.29 is 9.59 Å². The Balaban J connectivity index is 0.00000146. The molecule has 1 N–H and O–H groups in total. The number of hydrogen-bond acceptors (Lipinski definition) is 5. The van der Waals surface area contributed by atoms with E-state index in [1.165, 1.54) is 16.4 Å². The second kappa shape index (κ2) is 5.37. The minimum atomic E-state index is -0.168.